The number of ether oxygens (including phenoxy) is 2. The fourth-order valence-electron chi connectivity index (χ4n) is 2.19. The van der Waals surface area contributed by atoms with E-state index in [0.29, 0.717) is 44.1 Å². The summed E-state index contributed by atoms with van der Waals surface area (Å²) in [6.45, 7) is 3.66. The molecule has 0 atom stereocenters. The summed E-state index contributed by atoms with van der Waals surface area (Å²) in [7, 11) is 0. The van der Waals surface area contributed by atoms with Crippen LogP contribution in [0.3, 0.4) is 0 Å². The first-order chi connectivity index (χ1) is 10.1. The van der Waals surface area contributed by atoms with Gasteiger partial charge < -0.3 is 25.2 Å². The van der Waals surface area contributed by atoms with Gasteiger partial charge in [0.25, 0.3) is 0 Å². The average Bonchev–Trinajstić information content (AvgIpc) is 2.48. The number of rotatable bonds is 5. The molecule has 0 saturated carbocycles. The van der Waals surface area contributed by atoms with Gasteiger partial charge in [-0.05, 0) is 19.1 Å². The highest BCUT2D eigenvalue weighted by Crippen LogP contribution is 2.23. The van der Waals surface area contributed by atoms with Gasteiger partial charge in [-0.3, -0.25) is 0 Å². The molecule has 116 valence electrons. The van der Waals surface area contributed by atoms with Crippen LogP contribution in [0.2, 0.25) is 0 Å². The highest BCUT2D eigenvalue weighted by molar-refractivity contribution is 5.90. The van der Waals surface area contributed by atoms with E-state index in [2.05, 4.69) is 10.6 Å². The Bertz CT molecular complexity index is 472. The van der Waals surface area contributed by atoms with E-state index in [1.165, 1.54) is 0 Å². The second-order valence-electron chi connectivity index (χ2n) is 5.07. The van der Waals surface area contributed by atoms with Gasteiger partial charge in [0.2, 0.25) is 0 Å². The van der Waals surface area contributed by atoms with Gasteiger partial charge in [-0.15, -0.1) is 0 Å². The number of carbonyl (C=O) groups excluding carboxylic acids is 1. The Kier molecular flexibility index (Phi) is 5.41. The van der Waals surface area contributed by atoms with Gasteiger partial charge in [0.05, 0.1) is 17.9 Å². The van der Waals surface area contributed by atoms with Crippen LogP contribution < -0.4 is 15.4 Å². The van der Waals surface area contributed by atoms with E-state index in [-0.39, 0.29) is 12.6 Å². The number of aliphatic hydroxyl groups is 1. The quantitative estimate of drug-likeness (QED) is 0.773. The lowest BCUT2D eigenvalue weighted by Crippen LogP contribution is -2.47. The number of hydrogen-bond donors (Lipinski definition) is 3. The lowest BCUT2D eigenvalue weighted by Gasteiger charge is -2.32. The van der Waals surface area contributed by atoms with Crippen molar-refractivity contribution in [2.45, 2.75) is 25.4 Å². The summed E-state index contributed by atoms with van der Waals surface area (Å²) < 4.78 is 10.6. The molecule has 0 aliphatic carbocycles. The Balaban J connectivity index is 1.87. The summed E-state index contributed by atoms with van der Waals surface area (Å²) in [6, 6.07) is 6.88. The number of carbonyl (C=O) groups is 1. The van der Waals surface area contributed by atoms with Crippen molar-refractivity contribution in [3.05, 3.63) is 24.3 Å². The number of benzene rings is 1. The van der Waals surface area contributed by atoms with Crippen LogP contribution >= 0.6 is 0 Å². The van der Waals surface area contributed by atoms with Crippen LogP contribution in [0, 0.1) is 0 Å². The van der Waals surface area contributed by atoms with Crippen molar-refractivity contribution >= 4 is 11.7 Å². The molecule has 1 aliphatic rings. The summed E-state index contributed by atoms with van der Waals surface area (Å²) in [5, 5.41) is 15.7. The fraction of sp³-hybridized carbons (Fsp3) is 0.533. The first kappa shape index (κ1) is 15.6. The molecule has 6 nitrogen and oxygen atoms in total. The van der Waals surface area contributed by atoms with Gasteiger partial charge in [0.15, 0.2) is 0 Å². The molecule has 3 N–H and O–H groups in total. The molecule has 1 aromatic carbocycles. The summed E-state index contributed by atoms with van der Waals surface area (Å²) in [6.07, 6.45) is 1.06. The molecular weight excluding hydrogens is 272 g/mol. The Morgan fingerprint density at radius 2 is 2.10 bits per heavy atom. The van der Waals surface area contributed by atoms with Crippen LogP contribution in [0.4, 0.5) is 10.5 Å². The monoisotopic (exact) mass is 294 g/mol. The van der Waals surface area contributed by atoms with E-state index < -0.39 is 5.60 Å². The molecule has 0 aromatic heterocycles. The Morgan fingerprint density at radius 1 is 1.38 bits per heavy atom. The Labute approximate surface area is 124 Å². The molecule has 0 unspecified atom stereocenters. The molecule has 0 spiro atoms. The second kappa shape index (κ2) is 7.28. The first-order valence-corrected chi connectivity index (χ1v) is 7.20. The van der Waals surface area contributed by atoms with Crippen molar-refractivity contribution < 1.29 is 19.4 Å². The zero-order chi connectivity index (χ0) is 15.1. The Hall–Kier alpha value is -1.79. The van der Waals surface area contributed by atoms with Gasteiger partial charge in [-0.25, -0.2) is 4.79 Å². The molecular formula is C15H22N2O4. The molecule has 1 aromatic rings. The van der Waals surface area contributed by atoms with Crippen LogP contribution in [0.1, 0.15) is 19.8 Å². The lowest BCUT2D eigenvalue weighted by atomic mass is 9.94. The largest absolute Gasteiger partial charge is 0.492 e. The molecule has 1 fully saturated rings. The van der Waals surface area contributed by atoms with Crippen molar-refractivity contribution in [2.75, 3.05) is 31.7 Å². The molecule has 1 saturated heterocycles. The number of hydrogen-bond acceptors (Lipinski definition) is 4. The maximum absolute atomic E-state index is 11.9. The van der Waals surface area contributed by atoms with Crippen LogP contribution in [0.25, 0.3) is 0 Å². The smallest absolute Gasteiger partial charge is 0.319 e. The van der Waals surface area contributed by atoms with Crippen molar-refractivity contribution in [3.63, 3.8) is 0 Å². The molecule has 1 heterocycles. The molecule has 21 heavy (non-hydrogen) atoms. The zero-order valence-corrected chi connectivity index (χ0v) is 12.2. The van der Waals surface area contributed by atoms with E-state index in [4.69, 9.17) is 9.47 Å². The highest BCUT2D eigenvalue weighted by atomic mass is 16.5. The summed E-state index contributed by atoms with van der Waals surface area (Å²) >= 11 is 0. The minimum atomic E-state index is -0.880. The Morgan fingerprint density at radius 3 is 2.81 bits per heavy atom. The molecule has 2 amide bonds. The predicted molar refractivity (Wildman–Crippen MR) is 79.6 cm³/mol. The van der Waals surface area contributed by atoms with Gasteiger partial charge in [-0.2, -0.15) is 0 Å². The lowest BCUT2D eigenvalue weighted by molar-refractivity contribution is -0.0598. The average molecular weight is 294 g/mol. The van der Waals surface area contributed by atoms with Gasteiger partial charge in [0.1, 0.15) is 5.75 Å². The molecule has 0 radical (unpaired) electrons. The standard InChI is InChI=1S/C15H22N2O4/c1-2-21-13-6-4-3-5-12(13)17-14(18)16-11-15(19)7-9-20-10-8-15/h3-6,19H,2,7-11H2,1H3,(H2,16,17,18). The van der Waals surface area contributed by atoms with E-state index in [1.807, 2.05) is 19.1 Å². The maximum atomic E-state index is 11.9. The van der Waals surface area contributed by atoms with Crippen molar-refractivity contribution in [1.29, 1.82) is 0 Å². The highest BCUT2D eigenvalue weighted by Gasteiger charge is 2.30. The minimum absolute atomic E-state index is 0.207. The molecule has 0 bridgehead atoms. The zero-order valence-electron chi connectivity index (χ0n) is 12.2. The van der Waals surface area contributed by atoms with Gasteiger partial charge in [-0.1, -0.05) is 12.1 Å². The molecule has 6 heteroatoms. The van der Waals surface area contributed by atoms with Gasteiger partial charge in [0, 0.05) is 32.6 Å². The number of para-hydroxylation sites is 2. The SMILES string of the molecule is CCOc1ccccc1NC(=O)NCC1(O)CCOCC1. The second-order valence-corrected chi connectivity index (χ2v) is 5.07. The topological polar surface area (TPSA) is 79.8 Å². The van der Waals surface area contributed by atoms with Gasteiger partial charge >= 0.3 is 6.03 Å². The van der Waals surface area contributed by atoms with Crippen molar-refractivity contribution in [1.82, 2.24) is 5.32 Å². The molecule has 1 aliphatic heterocycles. The number of nitrogens with one attached hydrogen (secondary N) is 2. The number of anilines is 1. The van der Waals surface area contributed by atoms with Crippen molar-refractivity contribution in [3.8, 4) is 5.75 Å². The number of amides is 2. The van der Waals surface area contributed by atoms with E-state index in [0.717, 1.165) is 0 Å². The fourth-order valence-corrected chi connectivity index (χ4v) is 2.19. The van der Waals surface area contributed by atoms with Crippen LogP contribution in [0.5, 0.6) is 5.75 Å². The summed E-state index contributed by atoms with van der Waals surface area (Å²) in [5.41, 5.74) is -0.273. The maximum Gasteiger partial charge on any atom is 0.319 e. The third-order valence-electron chi connectivity index (χ3n) is 3.44. The van der Waals surface area contributed by atoms with E-state index in [9.17, 15) is 9.90 Å². The number of urea groups is 1. The first-order valence-electron chi connectivity index (χ1n) is 7.20. The van der Waals surface area contributed by atoms with Crippen LogP contribution in [-0.2, 0) is 4.74 Å². The third kappa shape index (κ3) is 4.61. The van der Waals surface area contributed by atoms with Crippen LogP contribution in [-0.4, -0.2) is 43.1 Å². The predicted octanol–water partition coefficient (Wildman–Crippen LogP) is 1.75. The van der Waals surface area contributed by atoms with Crippen LogP contribution in [0.15, 0.2) is 24.3 Å². The van der Waals surface area contributed by atoms with Crippen molar-refractivity contribution in [2.24, 2.45) is 0 Å². The normalized spacial score (nSPS) is 17.0. The summed E-state index contributed by atoms with van der Waals surface area (Å²) in [5.74, 6) is 0.625. The summed E-state index contributed by atoms with van der Waals surface area (Å²) in [4.78, 5) is 11.9. The van der Waals surface area contributed by atoms with E-state index >= 15 is 0 Å². The minimum Gasteiger partial charge on any atom is -0.492 e. The van der Waals surface area contributed by atoms with E-state index in [1.54, 1.807) is 12.1 Å². The molecule has 2 rings (SSSR count). The third-order valence-corrected chi connectivity index (χ3v) is 3.44.